The predicted molar refractivity (Wildman–Crippen MR) is 81.2 cm³/mol. The van der Waals surface area contributed by atoms with Crippen LogP contribution in [-0.4, -0.2) is 15.5 Å². The average molecular weight is 361 g/mol. The van der Waals surface area contributed by atoms with Crippen LogP contribution in [-0.2, 0) is 10.0 Å². The van der Waals surface area contributed by atoms with Crippen LogP contribution in [0.4, 0.5) is 5.69 Å². The van der Waals surface area contributed by atoms with Crippen molar-refractivity contribution in [2.24, 2.45) is 0 Å². The molecule has 0 spiro atoms. The summed E-state index contributed by atoms with van der Waals surface area (Å²) in [6.07, 6.45) is 0. The van der Waals surface area contributed by atoms with Gasteiger partial charge in [-0.1, -0.05) is 33.6 Å². The van der Waals surface area contributed by atoms with E-state index in [1.54, 1.807) is 48.5 Å². The molecule has 3 nitrogen and oxygen atoms in total. The standard InChI is InChI=1S/C13H11BrClNO2S/c1-16(12-4-2-3-11(15)9-12)19(17,18)13-7-5-10(14)6-8-13/h2-9H,1H3. The Kier molecular flexibility index (Phi) is 4.18. The molecular formula is C13H11BrClNO2S. The predicted octanol–water partition coefficient (Wildman–Crippen LogP) is 3.93. The summed E-state index contributed by atoms with van der Waals surface area (Å²) < 4.78 is 26.9. The molecule has 0 aliphatic heterocycles. The van der Waals surface area contributed by atoms with Gasteiger partial charge in [0.05, 0.1) is 10.6 Å². The van der Waals surface area contributed by atoms with E-state index in [1.165, 1.54) is 11.4 Å². The third-order valence-electron chi connectivity index (χ3n) is 2.64. The molecule has 19 heavy (non-hydrogen) atoms. The van der Waals surface area contributed by atoms with Gasteiger partial charge in [0.1, 0.15) is 0 Å². The van der Waals surface area contributed by atoms with Crippen molar-refractivity contribution in [1.82, 2.24) is 0 Å². The zero-order valence-electron chi connectivity index (χ0n) is 10.0. The molecule has 0 aliphatic rings. The molecule has 0 heterocycles. The summed E-state index contributed by atoms with van der Waals surface area (Å²) in [7, 11) is -2.07. The van der Waals surface area contributed by atoms with Gasteiger partial charge >= 0.3 is 0 Å². The summed E-state index contributed by atoms with van der Waals surface area (Å²) in [5.74, 6) is 0. The molecule has 6 heteroatoms. The van der Waals surface area contributed by atoms with Crippen molar-refractivity contribution >= 4 is 43.2 Å². The van der Waals surface area contributed by atoms with E-state index in [9.17, 15) is 8.42 Å². The number of benzene rings is 2. The van der Waals surface area contributed by atoms with Gasteiger partial charge in [-0.2, -0.15) is 0 Å². The Morgan fingerprint density at radius 3 is 2.32 bits per heavy atom. The summed E-state index contributed by atoms with van der Waals surface area (Å²) in [6, 6.07) is 13.2. The lowest BCUT2D eigenvalue weighted by molar-refractivity contribution is 0.594. The number of anilines is 1. The van der Waals surface area contributed by atoms with Gasteiger partial charge in [0.25, 0.3) is 10.0 Å². The lowest BCUT2D eigenvalue weighted by Crippen LogP contribution is -2.26. The Bertz CT molecular complexity index is 686. The second-order valence-electron chi connectivity index (χ2n) is 3.91. The van der Waals surface area contributed by atoms with Gasteiger partial charge in [0.2, 0.25) is 0 Å². The van der Waals surface area contributed by atoms with Crippen molar-refractivity contribution in [3.63, 3.8) is 0 Å². The fourth-order valence-electron chi connectivity index (χ4n) is 1.58. The second kappa shape index (κ2) is 5.53. The number of hydrogen-bond donors (Lipinski definition) is 0. The summed E-state index contributed by atoms with van der Waals surface area (Å²) in [6.45, 7) is 0. The topological polar surface area (TPSA) is 37.4 Å². The first kappa shape index (κ1) is 14.4. The van der Waals surface area contributed by atoms with E-state index >= 15 is 0 Å². The van der Waals surface area contributed by atoms with E-state index in [4.69, 9.17) is 11.6 Å². The molecule has 0 bridgehead atoms. The van der Waals surface area contributed by atoms with Crippen molar-refractivity contribution in [3.05, 3.63) is 58.0 Å². The normalized spacial score (nSPS) is 11.3. The van der Waals surface area contributed by atoms with Gasteiger partial charge in [-0.25, -0.2) is 8.42 Å². The number of nitrogens with zero attached hydrogens (tertiary/aromatic N) is 1. The van der Waals surface area contributed by atoms with E-state index in [0.717, 1.165) is 4.47 Å². The highest BCUT2D eigenvalue weighted by Crippen LogP contribution is 2.25. The molecule has 0 fully saturated rings. The fourth-order valence-corrected chi connectivity index (χ4v) is 3.21. The van der Waals surface area contributed by atoms with Crippen molar-refractivity contribution in [2.75, 3.05) is 11.4 Å². The van der Waals surface area contributed by atoms with Crippen LogP contribution in [0.5, 0.6) is 0 Å². The van der Waals surface area contributed by atoms with E-state index in [-0.39, 0.29) is 4.90 Å². The molecule has 0 saturated heterocycles. The third-order valence-corrected chi connectivity index (χ3v) is 5.21. The van der Waals surface area contributed by atoms with Gasteiger partial charge < -0.3 is 0 Å². The van der Waals surface area contributed by atoms with Gasteiger partial charge in [0, 0.05) is 16.5 Å². The van der Waals surface area contributed by atoms with Gasteiger partial charge in [-0.15, -0.1) is 0 Å². The molecule has 0 N–H and O–H groups in total. The van der Waals surface area contributed by atoms with Crippen LogP contribution in [0.3, 0.4) is 0 Å². The second-order valence-corrected chi connectivity index (χ2v) is 7.23. The minimum Gasteiger partial charge on any atom is -0.269 e. The highest BCUT2D eigenvalue weighted by atomic mass is 79.9. The Hall–Kier alpha value is -1.04. The molecule has 2 aromatic rings. The molecular weight excluding hydrogens is 350 g/mol. The zero-order valence-corrected chi connectivity index (χ0v) is 13.2. The number of rotatable bonds is 3. The monoisotopic (exact) mass is 359 g/mol. The van der Waals surface area contributed by atoms with Crippen LogP contribution in [0, 0.1) is 0 Å². The highest BCUT2D eigenvalue weighted by molar-refractivity contribution is 9.10. The van der Waals surface area contributed by atoms with Crippen LogP contribution in [0.2, 0.25) is 5.02 Å². The Labute approximate surface area is 126 Å². The quantitative estimate of drug-likeness (QED) is 0.832. The van der Waals surface area contributed by atoms with Crippen LogP contribution in [0.1, 0.15) is 0 Å². The van der Waals surface area contributed by atoms with Crippen molar-refractivity contribution in [1.29, 1.82) is 0 Å². The Morgan fingerprint density at radius 2 is 1.74 bits per heavy atom. The molecule has 0 aliphatic carbocycles. The molecule has 2 rings (SSSR count). The fraction of sp³-hybridized carbons (Fsp3) is 0.0769. The molecule has 2 aromatic carbocycles. The maximum atomic E-state index is 12.4. The van der Waals surface area contributed by atoms with Crippen LogP contribution in [0.15, 0.2) is 57.9 Å². The first-order valence-electron chi connectivity index (χ1n) is 5.41. The van der Waals surface area contributed by atoms with E-state index in [2.05, 4.69) is 15.9 Å². The summed E-state index contributed by atoms with van der Waals surface area (Å²) in [5, 5.41) is 0.496. The number of halogens is 2. The number of sulfonamides is 1. The number of hydrogen-bond acceptors (Lipinski definition) is 2. The first-order chi connectivity index (χ1) is 8.91. The maximum absolute atomic E-state index is 12.4. The van der Waals surface area contributed by atoms with Crippen LogP contribution < -0.4 is 4.31 Å². The van der Waals surface area contributed by atoms with Gasteiger partial charge in [-0.05, 0) is 42.5 Å². The third kappa shape index (κ3) is 3.11. The van der Waals surface area contributed by atoms with Crippen molar-refractivity contribution < 1.29 is 8.42 Å². The molecule has 0 saturated carbocycles. The molecule has 0 unspecified atom stereocenters. The summed E-state index contributed by atoms with van der Waals surface area (Å²) in [5.41, 5.74) is 0.524. The minimum atomic E-state index is -3.57. The lowest BCUT2D eigenvalue weighted by atomic mass is 10.3. The van der Waals surface area contributed by atoms with Gasteiger partial charge in [0.15, 0.2) is 0 Å². The molecule has 100 valence electrons. The molecule has 0 atom stereocenters. The average Bonchev–Trinajstić information content (AvgIpc) is 2.38. The lowest BCUT2D eigenvalue weighted by Gasteiger charge is -2.19. The van der Waals surface area contributed by atoms with Gasteiger partial charge in [-0.3, -0.25) is 4.31 Å². The smallest absolute Gasteiger partial charge is 0.264 e. The van der Waals surface area contributed by atoms with E-state index in [0.29, 0.717) is 10.7 Å². The van der Waals surface area contributed by atoms with Crippen molar-refractivity contribution in [2.45, 2.75) is 4.90 Å². The molecule has 0 radical (unpaired) electrons. The van der Waals surface area contributed by atoms with E-state index < -0.39 is 10.0 Å². The Balaban J connectivity index is 2.42. The molecule has 0 aromatic heterocycles. The maximum Gasteiger partial charge on any atom is 0.264 e. The summed E-state index contributed by atoms with van der Waals surface area (Å²) >= 11 is 9.16. The zero-order chi connectivity index (χ0) is 14.0. The van der Waals surface area contributed by atoms with Crippen LogP contribution in [0.25, 0.3) is 0 Å². The SMILES string of the molecule is CN(c1cccc(Cl)c1)S(=O)(=O)c1ccc(Br)cc1. The minimum absolute atomic E-state index is 0.234. The Morgan fingerprint density at radius 1 is 1.11 bits per heavy atom. The van der Waals surface area contributed by atoms with E-state index in [1.807, 2.05) is 0 Å². The summed E-state index contributed by atoms with van der Waals surface area (Å²) in [4.78, 5) is 0.234. The first-order valence-corrected chi connectivity index (χ1v) is 8.02. The highest BCUT2D eigenvalue weighted by Gasteiger charge is 2.21. The largest absolute Gasteiger partial charge is 0.269 e. The van der Waals surface area contributed by atoms with Crippen LogP contribution >= 0.6 is 27.5 Å². The molecule has 0 amide bonds. The van der Waals surface area contributed by atoms with Crippen molar-refractivity contribution in [3.8, 4) is 0 Å².